The summed E-state index contributed by atoms with van der Waals surface area (Å²) in [6.45, 7) is 15.0. The van der Waals surface area contributed by atoms with Crippen molar-refractivity contribution in [3.05, 3.63) is 0 Å². The highest BCUT2D eigenvalue weighted by atomic mass is 14.9. The van der Waals surface area contributed by atoms with Crippen LogP contribution in [-0.4, -0.2) is 12.6 Å². The van der Waals surface area contributed by atoms with E-state index in [0.717, 1.165) is 5.92 Å². The lowest BCUT2D eigenvalue weighted by molar-refractivity contribution is 0.301. The molecule has 0 heterocycles. The second-order valence-electron chi connectivity index (χ2n) is 6.32. The maximum Gasteiger partial charge on any atom is 0.00104 e. The van der Waals surface area contributed by atoms with Crippen LogP contribution in [0, 0.1) is 11.3 Å². The molecule has 0 radical (unpaired) electrons. The number of hydrogen-bond acceptors (Lipinski definition) is 1. The van der Waals surface area contributed by atoms with Crippen LogP contribution in [0.4, 0.5) is 0 Å². The van der Waals surface area contributed by atoms with E-state index in [1.54, 1.807) is 0 Å². The largest absolute Gasteiger partial charge is 0.314 e. The molecule has 0 saturated carbocycles. The van der Waals surface area contributed by atoms with Gasteiger partial charge in [0.25, 0.3) is 0 Å². The Morgan fingerprint density at radius 1 is 1.07 bits per heavy atom. The smallest absolute Gasteiger partial charge is 0.00104 e. The molecule has 1 unspecified atom stereocenters. The third-order valence-electron chi connectivity index (χ3n) is 2.81. The van der Waals surface area contributed by atoms with Gasteiger partial charge in [0.2, 0.25) is 0 Å². The van der Waals surface area contributed by atoms with Crippen LogP contribution in [-0.2, 0) is 0 Å². The van der Waals surface area contributed by atoms with Gasteiger partial charge < -0.3 is 5.32 Å². The number of nitrogens with one attached hydrogen (secondary N) is 1. The lowest BCUT2D eigenvalue weighted by Crippen LogP contribution is -2.29. The first-order valence-corrected chi connectivity index (χ1v) is 6.58. The highest BCUT2D eigenvalue weighted by Crippen LogP contribution is 2.25. The van der Waals surface area contributed by atoms with E-state index in [1.807, 2.05) is 0 Å². The zero-order valence-corrected chi connectivity index (χ0v) is 11.7. The van der Waals surface area contributed by atoms with Gasteiger partial charge in [-0.1, -0.05) is 48.0 Å². The van der Waals surface area contributed by atoms with Crippen LogP contribution in [0.3, 0.4) is 0 Å². The molecule has 0 aliphatic rings. The molecule has 0 aromatic carbocycles. The summed E-state index contributed by atoms with van der Waals surface area (Å²) >= 11 is 0. The van der Waals surface area contributed by atoms with Gasteiger partial charge in [0.15, 0.2) is 0 Å². The van der Waals surface area contributed by atoms with Crippen molar-refractivity contribution in [2.75, 3.05) is 6.54 Å². The minimum Gasteiger partial charge on any atom is -0.314 e. The van der Waals surface area contributed by atoms with Crippen molar-refractivity contribution in [1.29, 1.82) is 0 Å². The van der Waals surface area contributed by atoms with Crippen LogP contribution >= 0.6 is 0 Å². The summed E-state index contributed by atoms with van der Waals surface area (Å²) in [7, 11) is 0. The third-order valence-corrected chi connectivity index (χ3v) is 2.81. The molecule has 1 nitrogen and oxygen atoms in total. The molecule has 1 atom stereocenters. The maximum absolute atomic E-state index is 3.57. The SMILES string of the molecule is CCCC(CCC(C)(C)C)CNC(C)C. The second-order valence-corrected chi connectivity index (χ2v) is 6.32. The Bertz CT molecular complexity index is 144. The molecule has 0 amide bonds. The monoisotopic (exact) mass is 213 g/mol. The third kappa shape index (κ3) is 10.2. The zero-order chi connectivity index (χ0) is 11.9. The molecular weight excluding hydrogens is 182 g/mol. The lowest BCUT2D eigenvalue weighted by atomic mass is 9.85. The van der Waals surface area contributed by atoms with Gasteiger partial charge in [0, 0.05) is 6.04 Å². The molecule has 0 aliphatic carbocycles. The van der Waals surface area contributed by atoms with Crippen LogP contribution in [0.1, 0.15) is 67.2 Å². The Morgan fingerprint density at radius 2 is 1.67 bits per heavy atom. The number of hydrogen-bond donors (Lipinski definition) is 1. The van der Waals surface area contributed by atoms with Crippen molar-refractivity contribution >= 4 is 0 Å². The average Bonchev–Trinajstić information content (AvgIpc) is 2.08. The first kappa shape index (κ1) is 15.0. The van der Waals surface area contributed by atoms with E-state index in [0.29, 0.717) is 11.5 Å². The van der Waals surface area contributed by atoms with E-state index in [1.165, 1.54) is 32.2 Å². The van der Waals surface area contributed by atoms with E-state index < -0.39 is 0 Å². The van der Waals surface area contributed by atoms with E-state index in [2.05, 4.69) is 46.9 Å². The molecule has 1 heteroatoms. The summed E-state index contributed by atoms with van der Waals surface area (Å²) in [5.74, 6) is 0.872. The standard InChI is InChI=1S/C14H31N/c1-7-8-13(11-15-12(2)3)9-10-14(4,5)6/h12-13,15H,7-11H2,1-6H3. The van der Waals surface area contributed by atoms with Crippen LogP contribution in [0.5, 0.6) is 0 Å². The minimum atomic E-state index is 0.490. The fourth-order valence-electron chi connectivity index (χ4n) is 1.80. The first-order chi connectivity index (χ1) is 6.85. The maximum atomic E-state index is 3.57. The normalized spacial score (nSPS) is 14.6. The van der Waals surface area contributed by atoms with Crippen molar-refractivity contribution in [3.63, 3.8) is 0 Å². The average molecular weight is 213 g/mol. The highest BCUT2D eigenvalue weighted by Gasteiger charge is 2.14. The van der Waals surface area contributed by atoms with E-state index in [-0.39, 0.29) is 0 Å². The van der Waals surface area contributed by atoms with Gasteiger partial charge in [0.05, 0.1) is 0 Å². The Balaban J connectivity index is 3.82. The molecule has 92 valence electrons. The van der Waals surface area contributed by atoms with Gasteiger partial charge in [0.1, 0.15) is 0 Å². The molecule has 0 aromatic rings. The van der Waals surface area contributed by atoms with E-state index >= 15 is 0 Å². The predicted octanol–water partition coefficient (Wildman–Crippen LogP) is 4.23. The molecule has 1 N–H and O–H groups in total. The highest BCUT2D eigenvalue weighted by molar-refractivity contribution is 4.69. The van der Waals surface area contributed by atoms with E-state index in [9.17, 15) is 0 Å². The topological polar surface area (TPSA) is 12.0 Å². The van der Waals surface area contributed by atoms with Gasteiger partial charge in [-0.25, -0.2) is 0 Å². The fraction of sp³-hybridized carbons (Fsp3) is 1.00. The quantitative estimate of drug-likeness (QED) is 0.667. The Morgan fingerprint density at radius 3 is 2.07 bits per heavy atom. The second kappa shape index (κ2) is 7.27. The summed E-state index contributed by atoms with van der Waals surface area (Å²) in [4.78, 5) is 0. The van der Waals surface area contributed by atoms with Gasteiger partial charge >= 0.3 is 0 Å². The zero-order valence-electron chi connectivity index (χ0n) is 11.7. The van der Waals surface area contributed by atoms with Crippen molar-refractivity contribution in [2.45, 2.75) is 73.3 Å². The molecular formula is C14H31N. The summed E-state index contributed by atoms with van der Waals surface area (Å²) in [6.07, 6.45) is 5.40. The first-order valence-electron chi connectivity index (χ1n) is 6.58. The molecule has 0 aromatic heterocycles. The van der Waals surface area contributed by atoms with Crippen molar-refractivity contribution in [2.24, 2.45) is 11.3 Å². The van der Waals surface area contributed by atoms with Crippen LogP contribution < -0.4 is 5.32 Å². The fourth-order valence-corrected chi connectivity index (χ4v) is 1.80. The Hall–Kier alpha value is -0.0400. The summed E-state index contributed by atoms with van der Waals surface area (Å²) in [6, 6.07) is 0.624. The van der Waals surface area contributed by atoms with Gasteiger partial charge in [-0.2, -0.15) is 0 Å². The molecule has 15 heavy (non-hydrogen) atoms. The van der Waals surface area contributed by atoms with Gasteiger partial charge in [-0.05, 0) is 37.1 Å². The van der Waals surface area contributed by atoms with Crippen LogP contribution in [0.15, 0.2) is 0 Å². The lowest BCUT2D eigenvalue weighted by Gasteiger charge is -2.24. The van der Waals surface area contributed by atoms with Crippen molar-refractivity contribution in [3.8, 4) is 0 Å². The molecule has 0 spiro atoms. The van der Waals surface area contributed by atoms with Crippen molar-refractivity contribution in [1.82, 2.24) is 5.32 Å². The molecule has 0 saturated heterocycles. The summed E-state index contributed by atoms with van der Waals surface area (Å²) < 4.78 is 0. The Labute approximate surface area is 97.0 Å². The van der Waals surface area contributed by atoms with Crippen molar-refractivity contribution < 1.29 is 0 Å². The summed E-state index contributed by atoms with van der Waals surface area (Å²) in [5.41, 5.74) is 0.490. The number of rotatable bonds is 7. The van der Waals surface area contributed by atoms with Crippen LogP contribution in [0.2, 0.25) is 0 Å². The molecule has 0 bridgehead atoms. The molecule has 0 fully saturated rings. The van der Waals surface area contributed by atoms with Crippen LogP contribution in [0.25, 0.3) is 0 Å². The molecule has 0 rings (SSSR count). The summed E-state index contributed by atoms with van der Waals surface area (Å²) in [5, 5.41) is 3.57. The van der Waals surface area contributed by atoms with Gasteiger partial charge in [-0.3, -0.25) is 0 Å². The minimum absolute atomic E-state index is 0.490. The van der Waals surface area contributed by atoms with Gasteiger partial charge in [-0.15, -0.1) is 0 Å². The van der Waals surface area contributed by atoms with E-state index in [4.69, 9.17) is 0 Å². The molecule has 0 aliphatic heterocycles. The Kier molecular flexibility index (Phi) is 7.25. The predicted molar refractivity (Wildman–Crippen MR) is 70.2 cm³/mol.